The highest BCUT2D eigenvalue weighted by atomic mass is 32.1. The third-order valence-electron chi connectivity index (χ3n) is 2.73. The summed E-state index contributed by atoms with van der Waals surface area (Å²) in [5.41, 5.74) is 1.22. The van der Waals surface area contributed by atoms with Gasteiger partial charge in [0.05, 0.1) is 0 Å². The van der Waals surface area contributed by atoms with Crippen molar-refractivity contribution in [3.63, 3.8) is 0 Å². The molecule has 0 aliphatic heterocycles. The first kappa shape index (κ1) is 14.1. The van der Waals surface area contributed by atoms with Crippen LogP contribution in [0.25, 0.3) is 0 Å². The van der Waals surface area contributed by atoms with E-state index in [-0.39, 0.29) is 6.61 Å². The normalized spacial score (nSPS) is 10.6. The highest BCUT2D eigenvalue weighted by Gasteiger charge is 1.98. The van der Waals surface area contributed by atoms with E-state index in [0.717, 1.165) is 25.3 Å². The molecule has 0 aliphatic carbocycles. The Kier molecular flexibility index (Phi) is 5.88. The molecule has 0 aliphatic rings. The monoisotopic (exact) mass is 277 g/mol. The van der Waals surface area contributed by atoms with Gasteiger partial charge in [-0.15, -0.1) is 11.3 Å². The summed E-state index contributed by atoms with van der Waals surface area (Å²) in [4.78, 5) is 1.23. The lowest BCUT2D eigenvalue weighted by Crippen LogP contribution is -2.15. The van der Waals surface area contributed by atoms with Crippen molar-refractivity contribution in [2.75, 3.05) is 13.2 Å². The number of thiophene rings is 1. The zero-order chi connectivity index (χ0) is 13.3. The van der Waals surface area contributed by atoms with Gasteiger partial charge in [-0.3, -0.25) is 0 Å². The Morgan fingerprint density at radius 1 is 1.16 bits per heavy atom. The highest BCUT2D eigenvalue weighted by Crippen LogP contribution is 2.16. The molecule has 19 heavy (non-hydrogen) atoms. The zero-order valence-corrected chi connectivity index (χ0v) is 11.7. The van der Waals surface area contributed by atoms with Crippen molar-refractivity contribution in [3.05, 3.63) is 52.2 Å². The summed E-state index contributed by atoms with van der Waals surface area (Å²) in [6.07, 6.45) is 0.794. The van der Waals surface area contributed by atoms with Crippen LogP contribution < -0.4 is 10.1 Å². The Labute approximate surface area is 117 Å². The number of hydrogen-bond acceptors (Lipinski definition) is 4. The van der Waals surface area contributed by atoms with Crippen molar-refractivity contribution in [3.8, 4) is 5.75 Å². The van der Waals surface area contributed by atoms with Gasteiger partial charge in [-0.25, -0.2) is 0 Å². The number of aliphatic hydroxyl groups excluding tert-OH is 1. The second-order valence-corrected chi connectivity index (χ2v) is 5.30. The summed E-state index contributed by atoms with van der Waals surface area (Å²) >= 11 is 1.71. The minimum Gasteiger partial charge on any atom is -0.488 e. The lowest BCUT2D eigenvalue weighted by Gasteiger charge is -2.07. The second kappa shape index (κ2) is 7.94. The maximum absolute atomic E-state index is 8.68. The summed E-state index contributed by atoms with van der Waals surface area (Å²) in [5.74, 6) is 0.896. The van der Waals surface area contributed by atoms with Gasteiger partial charge in [0, 0.05) is 18.0 Å². The first-order chi connectivity index (χ1) is 9.38. The van der Waals surface area contributed by atoms with E-state index in [2.05, 4.69) is 28.9 Å². The number of ether oxygens (including phenoxy) is 1. The summed E-state index contributed by atoms with van der Waals surface area (Å²) < 4.78 is 5.71. The second-order valence-electron chi connectivity index (χ2n) is 4.27. The zero-order valence-electron chi connectivity index (χ0n) is 10.8. The van der Waals surface area contributed by atoms with Crippen molar-refractivity contribution in [1.82, 2.24) is 5.32 Å². The van der Waals surface area contributed by atoms with Crippen LogP contribution in [0.15, 0.2) is 41.8 Å². The maximum atomic E-state index is 8.68. The van der Waals surface area contributed by atoms with Gasteiger partial charge in [-0.2, -0.15) is 0 Å². The van der Waals surface area contributed by atoms with E-state index in [1.54, 1.807) is 11.3 Å². The summed E-state index contributed by atoms with van der Waals surface area (Å²) in [7, 11) is 0. The number of aliphatic hydroxyl groups is 1. The fourth-order valence-electron chi connectivity index (χ4n) is 1.69. The molecule has 1 aromatic carbocycles. The molecule has 4 heteroatoms. The standard InChI is InChI=1S/C15H19NO2S/c17-9-2-8-16-11-13-4-6-14(7-5-13)18-12-15-3-1-10-19-15/h1,3-7,10,16-17H,2,8-9,11-12H2. The van der Waals surface area contributed by atoms with Crippen molar-refractivity contribution in [2.24, 2.45) is 0 Å². The average molecular weight is 277 g/mol. The fourth-order valence-corrected chi connectivity index (χ4v) is 2.31. The molecular formula is C15H19NO2S. The number of rotatable bonds is 8. The molecule has 102 valence electrons. The van der Waals surface area contributed by atoms with Gasteiger partial charge in [0.15, 0.2) is 0 Å². The molecule has 0 amide bonds. The molecule has 2 aromatic rings. The molecule has 0 spiro atoms. The third-order valence-corrected chi connectivity index (χ3v) is 3.58. The fraction of sp³-hybridized carbons (Fsp3) is 0.333. The first-order valence-corrected chi connectivity index (χ1v) is 7.32. The van der Waals surface area contributed by atoms with Crippen LogP contribution in [0.3, 0.4) is 0 Å². The van der Waals surface area contributed by atoms with E-state index in [9.17, 15) is 0 Å². The van der Waals surface area contributed by atoms with Gasteiger partial charge in [0.2, 0.25) is 0 Å². The van der Waals surface area contributed by atoms with Crippen LogP contribution in [0.2, 0.25) is 0 Å². The lowest BCUT2D eigenvalue weighted by atomic mass is 10.2. The van der Waals surface area contributed by atoms with E-state index < -0.39 is 0 Å². The van der Waals surface area contributed by atoms with Gasteiger partial charge in [-0.1, -0.05) is 18.2 Å². The number of nitrogens with one attached hydrogen (secondary N) is 1. The van der Waals surface area contributed by atoms with Crippen LogP contribution in [-0.4, -0.2) is 18.3 Å². The topological polar surface area (TPSA) is 41.5 Å². The molecule has 1 aromatic heterocycles. The van der Waals surface area contributed by atoms with E-state index in [4.69, 9.17) is 9.84 Å². The Balaban J connectivity index is 1.74. The van der Waals surface area contributed by atoms with Crippen LogP contribution in [0.5, 0.6) is 5.75 Å². The van der Waals surface area contributed by atoms with Gasteiger partial charge >= 0.3 is 0 Å². The Morgan fingerprint density at radius 3 is 2.68 bits per heavy atom. The summed E-state index contributed by atoms with van der Waals surface area (Å²) in [6, 6.07) is 12.2. The molecule has 0 bridgehead atoms. The molecular weight excluding hydrogens is 258 g/mol. The summed E-state index contributed by atoms with van der Waals surface area (Å²) in [6.45, 7) is 2.53. The first-order valence-electron chi connectivity index (χ1n) is 6.44. The smallest absolute Gasteiger partial charge is 0.122 e. The van der Waals surface area contributed by atoms with Crippen LogP contribution >= 0.6 is 11.3 Å². The Bertz CT molecular complexity index is 454. The van der Waals surface area contributed by atoms with Crippen molar-refractivity contribution in [1.29, 1.82) is 0 Å². The molecule has 0 atom stereocenters. The van der Waals surface area contributed by atoms with E-state index in [0.29, 0.717) is 6.61 Å². The number of benzene rings is 1. The maximum Gasteiger partial charge on any atom is 0.122 e. The van der Waals surface area contributed by atoms with E-state index >= 15 is 0 Å². The predicted molar refractivity (Wildman–Crippen MR) is 78.5 cm³/mol. The average Bonchev–Trinajstić information content (AvgIpc) is 2.96. The molecule has 0 saturated heterocycles. The molecule has 0 saturated carbocycles. The molecule has 2 rings (SSSR count). The molecule has 0 unspecified atom stereocenters. The van der Waals surface area contributed by atoms with Crippen LogP contribution in [-0.2, 0) is 13.2 Å². The van der Waals surface area contributed by atoms with Crippen LogP contribution in [0.1, 0.15) is 16.9 Å². The minimum absolute atomic E-state index is 0.239. The predicted octanol–water partition coefficient (Wildman–Crippen LogP) is 2.80. The molecule has 3 nitrogen and oxygen atoms in total. The van der Waals surface area contributed by atoms with Crippen molar-refractivity contribution in [2.45, 2.75) is 19.6 Å². The Hall–Kier alpha value is -1.36. The number of hydrogen-bond donors (Lipinski definition) is 2. The van der Waals surface area contributed by atoms with Crippen molar-refractivity contribution >= 4 is 11.3 Å². The van der Waals surface area contributed by atoms with Gasteiger partial charge in [0.1, 0.15) is 12.4 Å². The third kappa shape index (κ3) is 5.03. The molecule has 1 heterocycles. The van der Waals surface area contributed by atoms with Crippen LogP contribution in [0.4, 0.5) is 0 Å². The van der Waals surface area contributed by atoms with E-state index in [1.165, 1.54) is 10.4 Å². The molecule has 0 fully saturated rings. The quantitative estimate of drug-likeness (QED) is 0.729. The molecule has 2 N–H and O–H groups in total. The minimum atomic E-state index is 0.239. The van der Waals surface area contributed by atoms with Gasteiger partial charge in [-0.05, 0) is 42.1 Å². The highest BCUT2D eigenvalue weighted by molar-refractivity contribution is 7.09. The van der Waals surface area contributed by atoms with Crippen LogP contribution in [0, 0.1) is 0 Å². The van der Waals surface area contributed by atoms with Crippen molar-refractivity contribution < 1.29 is 9.84 Å². The van der Waals surface area contributed by atoms with Gasteiger partial charge < -0.3 is 15.2 Å². The largest absolute Gasteiger partial charge is 0.488 e. The Morgan fingerprint density at radius 2 is 2.00 bits per heavy atom. The SMILES string of the molecule is OCCCNCc1ccc(OCc2cccs2)cc1. The van der Waals surface area contributed by atoms with E-state index in [1.807, 2.05) is 18.2 Å². The lowest BCUT2D eigenvalue weighted by molar-refractivity contribution is 0.286. The molecule has 0 radical (unpaired) electrons. The van der Waals surface area contributed by atoms with Gasteiger partial charge in [0.25, 0.3) is 0 Å². The summed E-state index contributed by atoms with van der Waals surface area (Å²) in [5, 5.41) is 14.0.